The Morgan fingerprint density at radius 3 is 2.44 bits per heavy atom. The number of hydrogen-bond donors (Lipinski definition) is 1. The van der Waals surface area contributed by atoms with Gasteiger partial charge in [-0.3, -0.25) is 0 Å². The van der Waals surface area contributed by atoms with Crippen molar-refractivity contribution < 1.29 is 23.4 Å². The number of carbonyl (C=O) groups is 1. The number of carboxylic acid groups (broad SMARTS) is 1. The summed E-state index contributed by atoms with van der Waals surface area (Å²) >= 11 is 0. The van der Waals surface area contributed by atoms with Gasteiger partial charge in [0.15, 0.2) is 0 Å². The number of ether oxygens (including phenoxy) is 1. The zero-order valence-electron chi connectivity index (χ0n) is 8.54. The minimum atomic E-state index is -1.09. The van der Waals surface area contributed by atoms with Crippen molar-refractivity contribution in [1.29, 1.82) is 0 Å². The molecule has 0 atom stereocenters. The largest absolute Gasteiger partial charge is 0.489 e. The van der Waals surface area contributed by atoms with Crippen molar-refractivity contribution in [1.82, 2.24) is 0 Å². The van der Waals surface area contributed by atoms with Crippen molar-refractivity contribution in [2.75, 3.05) is 6.61 Å². The smallest absolute Gasteiger partial charge is 0.328 e. The Labute approximate surface area is 91.0 Å². The second-order valence-electron chi connectivity index (χ2n) is 3.22. The summed E-state index contributed by atoms with van der Waals surface area (Å²) in [5.74, 6) is -2.55. The van der Waals surface area contributed by atoms with E-state index in [2.05, 4.69) is 0 Å². The van der Waals surface area contributed by atoms with E-state index in [-0.39, 0.29) is 12.4 Å². The Hall–Kier alpha value is -1.91. The van der Waals surface area contributed by atoms with E-state index >= 15 is 0 Å². The molecule has 0 spiro atoms. The fourth-order valence-electron chi connectivity index (χ4n) is 1.06. The van der Waals surface area contributed by atoms with Gasteiger partial charge in [-0.25, -0.2) is 13.6 Å². The lowest BCUT2D eigenvalue weighted by molar-refractivity contribution is -0.131. The maximum Gasteiger partial charge on any atom is 0.328 e. The molecule has 0 heterocycles. The second kappa shape index (κ2) is 5.25. The van der Waals surface area contributed by atoms with Crippen molar-refractivity contribution in [2.24, 2.45) is 0 Å². The third-order valence-corrected chi connectivity index (χ3v) is 1.67. The zero-order chi connectivity index (χ0) is 12.1. The van der Waals surface area contributed by atoms with E-state index in [0.717, 1.165) is 24.3 Å². The van der Waals surface area contributed by atoms with Gasteiger partial charge in [0, 0.05) is 24.3 Å². The minimum Gasteiger partial charge on any atom is -0.489 e. The highest BCUT2D eigenvalue weighted by Gasteiger charge is 2.02. The normalized spacial score (nSPS) is 11.3. The van der Waals surface area contributed by atoms with Crippen molar-refractivity contribution >= 4 is 5.97 Å². The molecule has 86 valence electrons. The third kappa shape index (κ3) is 4.08. The van der Waals surface area contributed by atoms with Gasteiger partial charge in [-0.1, -0.05) is 0 Å². The summed E-state index contributed by atoms with van der Waals surface area (Å²) in [7, 11) is 0. The monoisotopic (exact) mass is 228 g/mol. The summed E-state index contributed by atoms with van der Waals surface area (Å²) in [6.07, 6.45) is 0.968. The minimum absolute atomic E-state index is 0.0237. The van der Waals surface area contributed by atoms with Crippen molar-refractivity contribution in [3.05, 3.63) is 41.5 Å². The molecule has 0 saturated carbocycles. The fourth-order valence-corrected chi connectivity index (χ4v) is 1.06. The molecule has 1 aromatic rings. The molecular weight excluding hydrogens is 218 g/mol. The lowest BCUT2D eigenvalue weighted by atomic mass is 10.3. The van der Waals surface area contributed by atoms with Gasteiger partial charge in [-0.2, -0.15) is 0 Å². The highest BCUT2D eigenvalue weighted by Crippen LogP contribution is 2.15. The molecule has 0 radical (unpaired) electrons. The van der Waals surface area contributed by atoms with E-state index in [1.165, 1.54) is 0 Å². The highest BCUT2D eigenvalue weighted by molar-refractivity contribution is 5.80. The molecule has 0 aliphatic heterocycles. The van der Waals surface area contributed by atoms with Gasteiger partial charge in [-0.05, 0) is 12.5 Å². The van der Waals surface area contributed by atoms with E-state index in [1.807, 2.05) is 0 Å². The molecule has 0 aliphatic carbocycles. The first-order valence-electron chi connectivity index (χ1n) is 4.46. The van der Waals surface area contributed by atoms with Crippen molar-refractivity contribution in [2.45, 2.75) is 6.92 Å². The average Bonchev–Trinajstić information content (AvgIpc) is 2.12. The molecular formula is C11H10F2O3. The number of carboxylic acids is 1. The van der Waals surface area contributed by atoms with Crippen LogP contribution in [0.5, 0.6) is 5.75 Å². The van der Waals surface area contributed by atoms with Crippen LogP contribution in [-0.4, -0.2) is 17.7 Å². The van der Waals surface area contributed by atoms with Crippen LogP contribution in [0.1, 0.15) is 6.92 Å². The first kappa shape index (κ1) is 12.2. The molecule has 3 nitrogen and oxygen atoms in total. The maximum atomic E-state index is 12.7. The SMILES string of the molecule is CC(=CC(=O)O)COc1cc(F)cc(F)c1. The van der Waals surface area contributed by atoms with Crippen LogP contribution in [0, 0.1) is 11.6 Å². The first-order chi connectivity index (χ1) is 7.47. The summed E-state index contributed by atoms with van der Waals surface area (Å²) < 4.78 is 30.5. The molecule has 0 bridgehead atoms. The van der Waals surface area contributed by atoms with Crippen LogP contribution in [0.2, 0.25) is 0 Å². The van der Waals surface area contributed by atoms with Gasteiger partial charge in [-0.15, -0.1) is 0 Å². The highest BCUT2D eigenvalue weighted by atomic mass is 19.1. The van der Waals surface area contributed by atoms with Crippen LogP contribution < -0.4 is 4.74 Å². The summed E-state index contributed by atoms with van der Waals surface area (Å²) in [6.45, 7) is 1.51. The van der Waals surface area contributed by atoms with Gasteiger partial charge in [0.1, 0.15) is 24.0 Å². The van der Waals surface area contributed by atoms with E-state index in [4.69, 9.17) is 9.84 Å². The van der Waals surface area contributed by atoms with E-state index in [9.17, 15) is 13.6 Å². The predicted molar refractivity (Wildman–Crippen MR) is 53.2 cm³/mol. The Kier molecular flexibility index (Phi) is 3.99. The Balaban J connectivity index is 2.64. The second-order valence-corrected chi connectivity index (χ2v) is 3.22. The van der Waals surface area contributed by atoms with Crippen molar-refractivity contribution in [3.63, 3.8) is 0 Å². The number of aliphatic carboxylic acids is 1. The molecule has 0 amide bonds. The van der Waals surface area contributed by atoms with Crippen molar-refractivity contribution in [3.8, 4) is 5.75 Å². The quantitative estimate of drug-likeness (QED) is 0.805. The summed E-state index contributed by atoms with van der Waals surface area (Å²) in [6, 6.07) is 2.78. The lowest BCUT2D eigenvalue weighted by Gasteiger charge is -2.06. The van der Waals surface area contributed by atoms with Gasteiger partial charge in [0.25, 0.3) is 0 Å². The van der Waals surface area contributed by atoms with E-state index < -0.39 is 17.6 Å². The van der Waals surface area contributed by atoms with Crippen LogP contribution in [0.3, 0.4) is 0 Å². The standard InChI is InChI=1S/C11H10F2O3/c1-7(2-11(14)15)6-16-10-4-8(12)3-9(13)5-10/h2-5H,6H2,1H3,(H,14,15). The Bertz CT molecular complexity index is 407. The van der Waals surface area contributed by atoms with Gasteiger partial charge < -0.3 is 9.84 Å². The Morgan fingerprint density at radius 2 is 1.94 bits per heavy atom. The third-order valence-electron chi connectivity index (χ3n) is 1.67. The fraction of sp³-hybridized carbons (Fsp3) is 0.182. The van der Waals surface area contributed by atoms with Crippen LogP contribution in [0.4, 0.5) is 8.78 Å². The topological polar surface area (TPSA) is 46.5 Å². The molecule has 1 aromatic carbocycles. The molecule has 0 saturated heterocycles. The summed E-state index contributed by atoms with van der Waals surface area (Å²) in [5.41, 5.74) is 0.442. The van der Waals surface area contributed by atoms with Crippen LogP contribution in [0.15, 0.2) is 29.8 Å². The van der Waals surface area contributed by atoms with Gasteiger partial charge in [0.05, 0.1) is 0 Å². The molecule has 0 unspecified atom stereocenters. The molecule has 0 aliphatic rings. The Morgan fingerprint density at radius 1 is 1.38 bits per heavy atom. The summed E-state index contributed by atoms with van der Waals surface area (Å²) in [4.78, 5) is 10.3. The number of halogens is 2. The molecule has 0 aromatic heterocycles. The summed E-state index contributed by atoms with van der Waals surface area (Å²) in [5, 5.41) is 8.42. The maximum absolute atomic E-state index is 12.7. The molecule has 1 N–H and O–H groups in total. The van der Waals surface area contributed by atoms with Gasteiger partial charge in [0.2, 0.25) is 0 Å². The number of hydrogen-bond acceptors (Lipinski definition) is 2. The van der Waals surface area contributed by atoms with Crippen LogP contribution in [-0.2, 0) is 4.79 Å². The van der Waals surface area contributed by atoms with Crippen LogP contribution in [0.25, 0.3) is 0 Å². The molecule has 16 heavy (non-hydrogen) atoms. The van der Waals surface area contributed by atoms with E-state index in [1.54, 1.807) is 6.92 Å². The number of rotatable bonds is 4. The predicted octanol–water partition coefficient (Wildman–Crippen LogP) is 2.37. The average molecular weight is 228 g/mol. The zero-order valence-corrected chi connectivity index (χ0v) is 8.54. The molecule has 0 fully saturated rings. The first-order valence-corrected chi connectivity index (χ1v) is 4.46. The molecule has 1 rings (SSSR count). The van der Waals surface area contributed by atoms with Crippen LogP contribution >= 0.6 is 0 Å². The lowest BCUT2D eigenvalue weighted by Crippen LogP contribution is -2.02. The molecule has 5 heteroatoms. The number of benzene rings is 1. The van der Waals surface area contributed by atoms with E-state index in [0.29, 0.717) is 5.57 Å². The van der Waals surface area contributed by atoms with Gasteiger partial charge >= 0.3 is 5.97 Å².